The van der Waals surface area contributed by atoms with E-state index in [2.05, 4.69) is 20.4 Å². The SMILES string of the molecule is Cc1cc(Nc2nccn3c(-c4cnn(C)c4)cnc23)sc1S(N)(=O)=O. The van der Waals surface area contributed by atoms with Gasteiger partial charge >= 0.3 is 0 Å². The van der Waals surface area contributed by atoms with Crippen LogP contribution in [-0.4, -0.2) is 32.6 Å². The van der Waals surface area contributed by atoms with Crippen LogP contribution in [0.5, 0.6) is 0 Å². The van der Waals surface area contributed by atoms with Gasteiger partial charge in [0.05, 0.1) is 23.1 Å². The fourth-order valence-electron chi connectivity index (χ4n) is 2.70. The highest BCUT2D eigenvalue weighted by Gasteiger charge is 2.17. The molecule has 4 aromatic heterocycles. The lowest BCUT2D eigenvalue weighted by molar-refractivity contribution is 0.599. The molecule has 0 saturated heterocycles. The topological polar surface area (TPSA) is 120 Å². The number of primary sulfonamides is 1. The van der Waals surface area contributed by atoms with Gasteiger partial charge in [-0.1, -0.05) is 0 Å². The summed E-state index contributed by atoms with van der Waals surface area (Å²) >= 11 is 1.06. The maximum atomic E-state index is 11.6. The largest absolute Gasteiger partial charge is 0.329 e. The molecule has 0 aliphatic heterocycles. The highest BCUT2D eigenvalue weighted by Crippen LogP contribution is 2.32. The van der Waals surface area contributed by atoms with E-state index < -0.39 is 10.0 Å². The maximum Gasteiger partial charge on any atom is 0.247 e. The lowest BCUT2D eigenvalue weighted by Crippen LogP contribution is -2.11. The van der Waals surface area contributed by atoms with Crippen molar-refractivity contribution in [2.24, 2.45) is 12.2 Å². The summed E-state index contributed by atoms with van der Waals surface area (Å²) in [5.74, 6) is 0.518. The van der Waals surface area contributed by atoms with Gasteiger partial charge in [0.2, 0.25) is 10.0 Å². The Morgan fingerprint density at radius 1 is 1.27 bits per heavy atom. The molecule has 0 bridgehead atoms. The van der Waals surface area contributed by atoms with Gasteiger partial charge in [-0.25, -0.2) is 23.5 Å². The predicted octanol–water partition coefficient (Wildman–Crippen LogP) is 1.89. The van der Waals surface area contributed by atoms with Crippen molar-refractivity contribution in [1.29, 1.82) is 0 Å². The van der Waals surface area contributed by atoms with Crippen LogP contribution in [0, 0.1) is 6.92 Å². The molecule has 0 unspecified atom stereocenters. The van der Waals surface area contributed by atoms with Crippen LogP contribution < -0.4 is 10.5 Å². The maximum absolute atomic E-state index is 11.6. The number of nitrogens with zero attached hydrogens (tertiary/aromatic N) is 5. The number of sulfonamides is 1. The summed E-state index contributed by atoms with van der Waals surface area (Å²) in [6, 6.07) is 1.72. The zero-order chi connectivity index (χ0) is 18.5. The molecule has 3 N–H and O–H groups in total. The van der Waals surface area contributed by atoms with Crippen LogP contribution in [0.2, 0.25) is 0 Å². The molecule has 0 saturated carbocycles. The van der Waals surface area contributed by atoms with Crippen molar-refractivity contribution >= 4 is 37.8 Å². The number of anilines is 2. The van der Waals surface area contributed by atoms with E-state index in [1.54, 1.807) is 36.3 Å². The highest BCUT2D eigenvalue weighted by atomic mass is 32.2. The Morgan fingerprint density at radius 3 is 2.73 bits per heavy atom. The second-order valence-corrected chi connectivity index (χ2v) is 8.58. The number of fused-ring (bicyclic) bond motifs is 1. The molecule has 11 heteroatoms. The first-order chi connectivity index (χ1) is 12.3. The molecule has 0 aliphatic rings. The molecule has 4 rings (SSSR count). The molecule has 4 heterocycles. The molecule has 0 amide bonds. The molecule has 134 valence electrons. The lowest BCUT2D eigenvalue weighted by atomic mass is 10.3. The van der Waals surface area contributed by atoms with Crippen LogP contribution in [0.4, 0.5) is 10.8 Å². The predicted molar refractivity (Wildman–Crippen MR) is 98.9 cm³/mol. The zero-order valence-electron chi connectivity index (χ0n) is 13.9. The Bertz CT molecular complexity index is 1220. The van der Waals surface area contributed by atoms with Crippen molar-refractivity contribution in [3.8, 4) is 11.3 Å². The average molecular weight is 389 g/mol. The van der Waals surface area contributed by atoms with E-state index in [1.165, 1.54) is 0 Å². The van der Waals surface area contributed by atoms with E-state index in [1.807, 2.05) is 23.8 Å². The van der Waals surface area contributed by atoms with Crippen molar-refractivity contribution in [2.75, 3.05) is 5.32 Å². The molecule has 0 aliphatic carbocycles. The minimum atomic E-state index is -3.75. The van der Waals surface area contributed by atoms with Crippen molar-refractivity contribution in [3.05, 3.63) is 42.6 Å². The minimum absolute atomic E-state index is 0.131. The first-order valence-electron chi connectivity index (χ1n) is 7.54. The third kappa shape index (κ3) is 2.85. The van der Waals surface area contributed by atoms with Gasteiger partial charge < -0.3 is 5.32 Å². The molecular weight excluding hydrogens is 374 g/mol. The number of nitrogens with two attached hydrogens (primary N) is 1. The van der Waals surface area contributed by atoms with E-state index in [0.29, 0.717) is 22.0 Å². The second kappa shape index (κ2) is 5.90. The molecule has 0 spiro atoms. The molecule has 4 aromatic rings. The number of hydrogen-bond acceptors (Lipinski definition) is 7. The van der Waals surface area contributed by atoms with Crippen molar-refractivity contribution < 1.29 is 8.42 Å². The van der Waals surface area contributed by atoms with Gasteiger partial charge in [-0.05, 0) is 18.6 Å². The van der Waals surface area contributed by atoms with Gasteiger partial charge in [-0.3, -0.25) is 9.08 Å². The van der Waals surface area contributed by atoms with E-state index in [9.17, 15) is 8.42 Å². The normalized spacial score (nSPS) is 12.0. The van der Waals surface area contributed by atoms with Crippen LogP contribution in [0.25, 0.3) is 16.9 Å². The molecule has 0 atom stereocenters. The first-order valence-corrected chi connectivity index (χ1v) is 9.90. The summed E-state index contributed by atoms with van der Waals surface area (Å²) in [6.07, 6.45) is 8.87. The van der Waals surface area contributed by atoms with Gasteiger partial charge in [0, 0.05) is 31.2 Å². The van der Waals surface area contributed by atoms with Crippen LogP contribution in [-0.2, 0) is 17.1 Å². The monoisotopic (exact) mass is 389 g/mol. The summed E-state index contributed by atoms with van der Waals surface area (Å²) in [5.41, 5.74) is 3.02. The van der Waals surface area contributed by atoms with Gasteiger partial charge in [0.1, 0.15) is 4.21 Å². The Morgan fingerprint density at radius 2 is 2.08 bits per heavy atom. The van der Waals surface area contributed by atoms with Crippen molar-refractivity contribution in [3.63, 3.8) is 0 Å². The van der Waals surface area contributed by atoms with Gasteiger partial charge in [-0.2, -0.15) is 5.10 Å². The fraction of sp³-hybridized carbons (Fsp3) is 0.133. The number of hydrogen-bond donors (Lipinski definition) is 2. The Kier molecular flexibility index (Phi) is 3.79. The molecule has 26 heavy (non-hydrogen) atoms. The number of imidazole rings is 1. The van der Waals surface area contributed by atoms with Crippen LogP contribution in [0.3, 0.4) is 0 Å². The van der Waals surface area contributed by atoms with Crippen LogP contribution in [0.15, 0.2) is 41.3 Å². The summed E-state index contributed by atoms with van der Waals surface area (Å²) in [7, 11) is -1.90. The number of aryl methyl sites for hydroxylation is 2. The lowest BCUT2D eigenvalue weighted by Gasteiger charge is -2.05. The number of thiophene rings is 1. The summed E-state index contributed by atoms with van der Waals surface area (Å²) in [4.78, 5) is 8.77. The van der Waals surface area contributed by atoms with Crippen LogP contribution in [0.1, 0.15) is 5.56 Å². The summed E-state index contributed by atoms with van der Waals surface area (Å²) < 4.78 is 27.0. The minimum Gasteiger partial charge on any atom is -0.329 e. The number of aromatic nitrogens is 5. The Hall–Kier alpha value is -2.76. The quantitative estimate of drug-likeness (QED) is 0.550. The van der Waals surface area contributed by atoms with E-state index >= 15 is 0 Å². The van der Waals surface area contributed by atoms with Gasteiger partial charge in [0.15, 0.2) is 11.5 Å². The smallest absolute Gasteiger partial charge is 0.247 e. The fourth-order valence-corrected chi connectivity index (χ4v) is 4.75. The molecule has 0 fully saturated rings. The third-order valence-electron chi connectivity index (χ3n) is 3.80. The van der Waals surface area contributed by atoms with Crippen molar-refractivity contribution in [2.45, 2.75) is 11.1 Å². The molecule has 9 nitrogen and oxygen atoms in total. The molecule has 0 radical (unpaired) electrons. The van der Waals surface area contributed by atoms with Gasteiger partial charge in [0.25, 0.3) is 0 Å². The van der Waals surface area contributed by atoms with Gasteiger partial charge in [-0.15, -0.1) is 11.3 Å². The summed E-state index contributed by atoms with van der Waals surface area (Å²) in [5, 5.41) is 13.2. The standard InChI is InChI=1S/C15H15N7O2S2/c1-9-5-12(25-15(9)26(16,23)24)20-13-14-18-7-11(22(14)4-3-17-13)10-6-19-21(2)8-10/h3-8H,1-2H3,(H,17,20)(H2,16,23,24). The first kappa shape index (κ1) is 16.7. The highest BCUT2D eigenvalue weighted by molar-refractivity contribution is 7.91. The number of nitrogens with one attached hydrogen (secondary N) is 1. The van der Waals surface area contributed by atoms with E-state index in [-0.39, 0.29) is 4.21 Å². The molecular formula is C15H15N7O2S2. The third-order valence-corrected chi connectivity index (χ3v) is 6.53. The second-order valence-electron chi connectivity index (χ2n) is 5.77. The molecule has 0 aromatic carbocycles. The van der Waals surface area contributed by atoms with E-state index in [0.717, 1.165) is 22.6 Å². The average Bonchev–Trinajstić information content (AvgIpc) is 3.25. The zero-order valence-corrected chi connectivity index (χ0v) is 15.5. The number of rotatable bonds is 4. The van der Waals surface area contributed by atoms with Crippen LogP contribution >= 0.6 is 11.3 Å². The van der Waals surface area contributed by atoms with Crippen molar-refractivity contribution in [1.82, 2.24) is 24.1 Å². The Labute approximate surface area is 153 Å². The summed E-state index contributed by atoms with van der Waals surface area (Å²) in [6.45, 7) is 1.70. The Balaban J connectivity index is 1.76. The van der Waals surface area contributed by atoms with E-state index in [4.69, 9.17) is 5.14 Å².